The van der Waals surface area contributed by atoms with Crippen molar-refractivity contribution in [3.8, 4) is 0 Å². The minimum absolute atomic E-state index is 0.0411. The van der Waals surface area contributed by atoms with Crippen LogP contribution >= 0.6 is 24.4 Å². The van der Waals surface area contributed by atoms with Crippen molar-refractivity contribution < 1.29 is 35.4 Å². The first-order valence-corrected chi connectivity index (χ1v) is 8.01. The van der Waals surface area contributed by atoms with Crippen LogP contribution in [0.1, 0.15) is 12.8 Å². The first-order valence-electron chi connectivity index (χ1n) is 4.74. The van der Waals surface area contributed by atoms with Gasteiger partial charge in [-0.1, -0.05) is 5.64 Å². The van der Waals surface area contributed by atoms with Crippen molar-refractivity contribution in [2.75, 3.05) is 13.1 Å². The number of hydrogen-bond acceptors (Lipinski definition) is 10. The van der Waals surface area contributed by atoms with Crippen molar-refractivity contribution in [3.63, 3.8) is 0 Å². The summed E-state index contributed by atoms with van der Waals surface area (Å²) in [7, 11) is 0. The molecule has 0 radical (unpaired) electrons. The predicted octanol–water partition coefficient (Wildman–Crippen LogP) is -0.235. The maximum atomic E-state index is 8.52. The van der Waals surface area contributed by atoms with Crippen LogP contribution < -0.4 is 5.64 Å². The molecule has 1 saturated heterocycles. The van der Waals surface area contributed by atoms with Crippen LogP contribution in [0.3, 0.4) is 0 Å². The molecular formula is C6H10MoN4O4S4. The van der Waals surface area contributed by atoms with Crippen LogP contribution in [0.15, 0.2) is 0 Å². The van der Waals surface area contributed by atoms with E-state index in [1.807, 2.05) is 5.01 Å². The van der Waals surface area contributed by atoms with Crippen LogP contribution in [0.25, 0.3) is 0 Å². The van der Waals surface area contributed by atoms with Gasteiger partial charge >= 0.3 is 25.3 Å². The van der Waals surface area contributed by atoms with Gasteiger partial charge in [-0.25, -0.2) is 10.1 Å². The van der Waals surface area contributed by atoms with Gasteiger partial charge in [-0.2, -0.15) is 0 Å². The van der Waals surface area contributed by atoms with Crippen molar-refractivity contribution in [2.45, 2.75) is 12.8 Å². The first-order chi connectivity index (χ1) is 8.99. The molecule has 0 amide bonds. The van der Waals surface area contributed by atoms with Crippen LogP contribution in [0.4, 0.5) is 0 Å². The van der Waals surface area contributed by atoms with E-state index < -0.39 is 18.5 Å². The second kappa shape index (κ2) is 11.1. The number of thiocarbonyl (C=S) groups is 2. The molecule has 19 heavy (non-hydrogen) atoms. The zero-order valence-electron chi connectivity index (χ0n) is 9.38. The molecule has 1 rings (SSSR count). The monoisotopic (exact) mass is 428 g/mol. The molecule has 0 aromatic rings. The fourth-order valence-corrected chi connectivity index (χ4v) is 1.99. The Bertz CT molecular complexity index is 350. The zero-order valence-corrected chi connectivity index (χ0v) is 14.7. The van der Waals surface area contributed by atoms with E-state index in [2.05, 4.69) is 4.94 Å². The fourth-order valence-electron chi connectivity index (χ4n) is 1.39. The first kappa shape index (κ1) is 19.3. The Morgan fingerprint density at radius 3 is 2.05 bits per heavy atom. The van der Waals surface area contributed by atoms with Gasteiger partial charge in [-0.3, -0.25) is 5.21 Å². The SMILES string of the molecule is ONON(C(=S)[S-])N(C(=S)[S-])N1CCCC1.[O]=[Mo+2]=[O]. The van der Waals surface area contributed by atoms with E-state index in [9.17, 15) is 0 Å². The summed E-state index contributed by atoms with van der Waals surface area (Å²) < 4.78 is 17.1. The predicted molar refractivity (Wildman–Crippen MR) is 71.8 cm³/mol. The number of hydroxylamine groups is 1. The molecule has 1 aliphatic heterocycles. The third kappa shape index (κ3) is 7.06. The van der Waals surface area contributed by atoms with E-state index in [1.165, 1.54) is 10.8 Å². The van der Waals surface area contributed by atoms with Crippen molar-refractivity contribution in [1.82, 2.24) is 20.9 Å². The summed E-state index contributed by atoms with van der Waals surface area (Å²) in [6, 6.07) is 0. The minimum atomic E-state index is -2.03. The fraction of sp³-hybridized carbons (Fsp3) is 0.667. The van der Waals surface area contributed by atoms with Crippen LogP contribution in [-0.4, -0.2) is 42.2 Å². The van der Waals surface area contributed by atoms with Crippen LogP contribution in [-0.2, 0) is 55.5 Å². The Kier molecular flexibility index (Phi) is 11.3. The number of nitrogens with zero attached hydrogens (tertiary/aromatic N) is 3. The molecule has 0 aromatic heterocycles. The Balaban J connectivity index is 0.000000982. The van der Waals surface area contributed by atoms with E-state index in [0.29, 0.717) is 0 Å². The third-order valence-corrected chi connectivity index (χ3v) is 2.61. The van der Waals surface area contributed by atoms with E-state index in [4.69, 9.17) is 61.7 Å². The molecule has 0 aromatic carbocycles. The van der Waals surface area contributed by atoms with E-state index >= 15 is 0 Å². The quantitative estimate of drug-likeness (QED) is 0.271. The summed E-state index contributed by atoms with van der Waals surface area (Å²) in [4.78, 5) is 4.66. The molecule has 1 heterocycles. The summed E-state index contributed by atoms with van der Waals surface area (Å²) in [5.74, 6) is 0. The van der Waals surface area contributed by atoms with E-state index in [0.717, 1.165) is 31.1 Å². The number of nitrogens with one attached hydrogen (secondary N) is 1. The molecule has 0 spiro atoms. The molecular weight excluding hydrogens is 416 g/mol. The molecule has 2 N–H and O–H groups in total. The van der Waals surface area contributed by atoms with Gasteiger partial charge in [0.2, 0.25) is 0 Å². The average molecular weight is 426 g/mol. The summed E-state index contributed by atoms with van der Waals surface area (Å²) in [6.07, 6.45) is 2.05. The Morgan fingerprint density at radius 2 is 1.74 bits per heavy atom. The number of hydrazine groups is 2. The molecule has 13 heteroatoms. The second-order valence-electron chi connectivity index (χ2n) is 3.01. The van der Waals surface area contributed by atoms with Crippen LogP contribution in [0.2, 0.25) is 0 Å². The standard InChI is InChI=1S/C6H12N4O2S4.Mo.2O/c11-7-12-10(6(15)16)9(5(13)14)8-3-1-2-4-8;;;/h7,11H,1-4H2,(H,13,14)(H,15,16);;;/q;+2;;/p-2. The van der Waals surface area contributed by atoms with E-state index in [1.54, 1.807) is 0 Å². The number of hydrogen-bond donors (Lipinski definition) is 2. The van der Waals surface area contributed by atoms with E-state index in [-0.39, 0.29) is 8.64 Å². The van der Waals surface area contributed by atoms with Crippen molar-refractivity contribution in [1.29, 1.82) is 0 Å². The van der Waals surface area contributed by atoms with Gasteiger partial charge in [0.15, 0.2) is 0 Å². The molecule has 0 unspecified atom stereocenters. The molecule has 108 valence electrons. The van der Waals surface area contributed by atoms with Crippen molar-refractivity contribution >= 4 is 58.3 Å². The average Bonchev–Trinajstić information content (AvgIpc) is 2.82. The topological polar surface area (TPSA) is 85.3 Å². The van der Waals surface area contributed by atoms with Gasteiger partial charge in [0.1, 0.15) is 0 Å². The van der Waals surface area contributed by atoms with Gasteiger partial charge in [0.05, 0.1) is 0 Å². The molecule has 0 aliphatic carbocycles. The van der Waals surface area contributed by atoms with Crippen LogP contribution in [0.5, 0.6) is 0 Å². The summed E-state index contributed by atoms with van der Waals surface area (Å²) in [5, 5.41) is 12.7. The molecule has 0 saturated carbocycles. The Labute approximate surface area is 140 Å². The Hall–Kier alpha value is 0.348. The van der Waals surface area contributed by atoms with Gasteiger partial charge in [0.25, 0.3) is 0 Å². The number of rotatable bonds is 3. The molecule has 1 fully saturated rings. The molecule has 0 bridgehead atoms. The summed E-state index contributed by atoms with van der Waals surface area (Å²) in [6.45, 7) is 1.56. The second-order valence-corrected chi connectivity index (χ2v) is 5.40. The van der Waals surface area contributed by atoms with Crippen LogP contribution in [0, 0.1) is 0 Å². The molecule has 1 aliphatic rings. The maximum absolute atomic E-state index is 8.52. The normalized spacial score (nSPS) is 13.9. The van der Waals surface area contributed by atoms with Crippen molar-refractivity contribution in [3.05, 3.63) is 0 Å². The Morgan fingerprint density at radius 1 is 1.26 bits per heavy atom. The van der Waals surface area contributed by atoms with Gasteiger partial charge in [-0.05, 0) is 21.5 Å². The summed E-state index contributed by atoms with van der Waals surface area (Å²) in [5.41, 5.74) is 1.51. The summed E-state index contributed by atoms with van der Waals surface area (Å²) >= 11 is 17.4. The zero-order chi connectivity index (χ0) is 14.8. The third-order valence-electron chi connectivity index (χ3n) is 1.97. The van der Waals surface area contributed by atoms with Crippen molar-refractivity contribution in [2.24, 2.45) is 0 Å². The van der Waals surface area contributed by atoms with Gasteiger partial charge in [0, 0.05) is 13.1 Å². The van der Waals surface area contributed by atoms with Gasteiger partial charge in [-0.15, -0.1) is 10.1 Å². The van der Waals surface area contributed by atoms with Gasteiger partial charge < -0.3 is 49.7 Å². The molecule has 8 nitrogen and oxygen atoms in total. The molecule has 0 atom stereocenters.